The monoisotopic (exact) mass is 412 g/mol. The van der Waals surface area contributed by atoms with E-state index in [9.17, 15) is 4.79 Å². The highest BCUT2D eigenvalue weighted by atomic mass is 32.1. The molecule has 1 amide bonds. The molecule has 154 valence electrons. The number of hydrogen-bond donors (Lipinski definition) is 1. The fraction of sp³-hybridized carbons (Fsp3) is 0.391. The molecule has 0 aliphatic heterocycles. The van der Waals surface area contributed by atoms with Gasteiger partial charge in [0, 0.05) is 5.56 Å². The van der Waals surface area contributed by atoms with Crippen LogP contribution in [-0.2, 0) is 0 Å². The third-order valence-corrected chi connectivity index (χ3v) is 6.25. The van der Waals surface area contributed by atoms with Gasteiger partial charge in [-0.05, 0) is 51.5 Å². The first kappa shape index (κ1) is 21.3. The highest BCUT2D eigenvalue weighted by Crippen LogP contribution is 2.34. The Hall–Kier alpha value is -2.44. The molecule has 6 heteroatoms. The number of aryl methyl sites for hydroxylation is 1. The minimum Gasteiger partial charge on any atom is -0.492 e. The van der Waals surface area contributed by atoms with Gasteiger partial charge in [0.25, 0.3) is 5.91 Å². The average Bonchev–Trinajstić information content (AvgIpc) is 3.16. The van der Waals surface area contributed by atoms with Gasteiger partial charge in [-0.3, -0.25) is 9.69 Å². The molecule has 0 radical (unpaired) electrons. The Morgan fingerprint density at radius 3 is 2.55 bits per heavy atom. The number of para-hydroxylation sites is 1. The summed E-state index contributed by atoms with van der Waals surface area (Å²) in [6, 6.07) is 13.7. The van der Waals surface area contributed by atoms with E-state index in [0.717, 1.165) is 51.9 Å². The van der Waals surface area contributed by atoms with Crippen LogP contribution in [0.5, 0.6) is 5.75 Å². The summed E-state index contributed by atoms with van der Waals surface area (Å²) in [5.74, 6) is 0.775. The van der Waals surface area contributed by atoms with Crippen LogP contribution in [0, 0.1) is 6.92 Å². The van der Waals surface area contributed by atoms with Crippen LogP contribution in [0.25, 0.3) is 10.2 Å². The Morgan fingerprint density at radius 1 is 1.10 bits per heavy atom. The predicted molar refractivity (Wildman–Crippen MR) is 121 cm³/mol. The van der Waals surface area contributed by atoms with Gasteiger partial charge in [-0.15, -0.1) is 0 Å². The molecule has 0 saturated carbocycles. The topological polar surface area (TPSA) is 46.9 Å². The maximum Gasteiger partial charge on any atom is 0.260 e. The van der Waals surface area contributed by atoms with Crippen LogP contribution >= 0.6 is 11.3 Å². The van der Waals surface area contributed by atoms with Crippen LogP contribution in [0.1, 0.15) is 36.7 Å². The van der Waals surface area contributed by atoms with Gasteiger partial charge in [-0.25, -0.2) is 4.98 Å². The number of nitrogens with one attached hydrogen (secondary N) is 1. The zero-order valence-electron chi connectivity index (χ0n) is 17.7. The van der Waals surface area contributed by atoms with E-state index in [1.807, 2.05) is 61.2 Å². The number of carbonyl (C=O) groups is 1. The van der Waals surface area contributed by atoms with Gasteiger partial charge >= 0.3 is 0 Å². The first-order valence-electron chi connectivity index (χ1n) is 10.3. The Bertz CT molecular complexity index is 966. The lowest BCUT2D eigenvalue weighted by Crippen LogP contribution is -3.12. The van der Waals surface area contributed by atoms with Gasteiger partial charge in [-0.1, -0.05) is 35.6 Å². The third-order valence-electron chi connectivity index (χ3n) is 5.21. The molecule has 1 heterocycles. The van der Waals surface area contributed by atoms with E-state index in [0.29, 0.717) is 13.2 Å². The van der Waals surface area contributed by atoms with Crippen molar-refractivity contribution in [3.8, 4) is 5.75 Å². The molecule has 3 rings (SSSR count). The number of carbonyl (C=O) groups excluding carboxylic acids is 1. The summed E-state index contributed by atoms with van der Waals surface area (Å²) in [7, 11) is 0. The quantitative estimate of drug-likeness (QED) is 0.584. The number of amides is 1. The maximum atomic E-state index is 13.5. The van der Waals surface area contributed by atoms with E-state index >= 15 is 0 Å². The summed E-state index contributed by atoms with van der Waals surface area (Å²) in [6.07, 6.45) is 0. The molecule has 0 bridgehead atoms. The normalized spacial score (nSPS) is 11.2. The molecule has 3 aromatic rings. The molecular formula is C23H30N3O2S+. The van der Waals surface area contributed by atoms with Crippen LogP contribution in [0.4, 0.5) is 5.13 Å². The summed E-state index contributed by atoms with van der Waals surface area (Å²) < 4.78 is 6.78. The standard InChI is InChI=1S/C23H29N3O2S/c1-5-25(6-2)15-16-26(22(27)18-12-9-8-11-17(18)4)23-24-21-19(28-7-3)13-10-14-20(21)29-23/h8-14H,5-7,15-16H2,1-4H3/p+1. The zero-order valence-corrected chi connectivity index (χ0v) is 18.5. The number of aromatic nitrogens is 1. The summed E-state index contributed by atoms with van der Waals surface area (Å²) in [6.45, 7) is 12.5. The molecule has 1 aromatic heterocycles. The van der Waals surface area contributed by atoms with Crippen molar-refractivity contribution in [2.75, 3.05) is 37.7 Å². The average molecular weight is 413 g/mol. The van der Waals surface area contributed by atoms with Gasteiger partial charge in [0.1, 0.15) is 11.3 Å². The molecule has 0 aliphatic rings. The van der Waals surface area contributed by atoms with Crippen LogP contribution < -0.4 is 14.5 Å². The predicted octanol–water partition coefficient (Wildman–Crippen LogP) is 3.57. The highest BCUT2D eigenvalue weighted by molar-refractivity contribution is 7.22. The van der Waals surface area contributed by atoms with Gasteiger partial charge in [-0.2, -0.15) is 0 Å². The lowest BCUT2D eigenvalue weighted by atomic mass is 10.1. The number of fused-ring (bicyclic) bond motifs is 1. The number of hydrogen-bond acceptors (Lipinski definition) is 4. The van der Waals surface area contributed by atoms with E-state index in [2.05, 4.69) is 13.8 Å². The van der Waals surface area contributed by atoms with Crippen LogP contribution in [0.3, 0.4) is 0 Å². The fourth-order valence-electron chi connectivity index (χ4n) is 3.41. The lowest BCUT2D eigenvalue weighted by molar-refractivity contribution is -0.894. The second-order valence-corrected chi connectivity index (χ2v) is 8.02. The molecule has 0 aliphatic carbocycles. The number of ether oxygens (including phenoxy) is 1. The van der Waals surface area contributed by atoms with Crippen LogP contribution in [0.2, 0.25) is 0 Å². The Morgan fingerprint density at radius 2 is 1.86 bits per heavy atom. The number of anilines is 1. The summed E-state index contributed by atoms with van der Waals surface area (Å²) in [4.78, 5) is 21.6. The van der Waals surface area contributed by atoms with E-state index < -0.39 is 0 Å². The molecule has 0 saturated heterocycles. The molecule has 0 unspecified atom stereocenters. The summed E-state index contributed by atoms with van der Waals surface area (Å²) in [5, 5.41) is 0.729. The number of likely N-dealkylation sites (N-methyl/N-ethyl adjacent to an activating group) is 1. The van der Waals surface area contributed by atoms with E-state index in [-0.39, 0.29) is 5.91 Å². The minimum atomic E-state index is 0.00618. The van der Waals surface area contributed by atoms with E-state index in [1.165, 1.54) is 4.90 Å². The smallest absolute Gasteiger partial charge is 0.260 e. The first-order valence-corrected chi connectivity index (χ1v) is 11.1. The number of rotatable bonds is 9. The summed E-state index contributed by atoms with van der Waals surface area (Å²) in [5.41, 5.74) is 2.53. The second-order valence-electron chi connectivity index (χ2n) is 7.01. The molecule has 1 N–H and O–H groups in total. The molecule has 0 fully saturated rings. The van der Waals surface area contributed by atoms with Crippen molar-refractivity contribution in [1.82, 2.24) is 4.98 Å². The third kappa shape index (κ3) is 4.77. The first-order chi connectivity index (χ1) is 14.1. The van der Waals surface area contributed by atoms with Crippen molar-refractivity contribution in [2.24, 2.45) is 0 Å². The molecule has 5 nitrogen and oxygen atoms in total. The number of thiazole rings is 1. The van der Waals surface area contributed by atoms with Crippen LogP contribution in [-0.4, -0.2) is 43.7 Å². The Labute approximate surface area is 176 Å². The van der Waals surface area contributed by atoms with Gasteiger partial charge in [0.2, 0.25) is 0 Å². The molecule has 0 spiro atoms. The number of nitrogens with zero attached hydrogens (tertiary/aromatic N) is 2. The summed E-state index contributed by atoms with van der Waals surface area (Å²) >= 11 is 1.55. The van der Waals surface area contributed by atoms with E-state index in [4.69, 9.17) is 9.72 Å². The van der Waals surface area contributed by atoms with Gasteiger partial charge in [0.15, 0.2) is 5.13 Å². The van der Waals surface area contributed by atoms with Crippen molar-refractivity contribution < 1.29 is 14.4 Å². The van der Waals surface area contributed by atoms with Crippen molar-refractivity contribution in [3.05, 3.63) is 53.6 Å². The van der Waals surface area contributed by atoms with Crippen molar-refractivity contribution in [2.45, 2.75) is 27.7 Å². The van der Waals surface area contributed by atoms with Gasteiger partial charge < -0.3 is 9.64 Å². The number of quaternary nitrogens is 1. The van der Waals surface area contributed by atoms with Crippen molar-refractivity contribution in [1.29, 1.82) is 0 Å². The zero-order chi connectivity index (χ0) is 20.8. The molecule has 0 atom stereocenters. The molecular weight excluding hydrogens is 382 g/mol. The Kier molecular flexibility index (Phi) is 7.23. The maximum absolute atomic E-state index is 13.5. The lowest BCUT2D eigenvalue weighted by Gasteiger charge is -2.23. The largest absolute Gasteiger partial charge is 0.492 e. The van der Waals surface area contributed by atoms with Crippen molar-refractivity contribution >= 4 is 32.6 Å². The minimum absolute atomic E-state index is 0.00618. The molecule has 29 heavy (non-hydrogen) atoms. The Balaban J connectivity index is 2.00. The molecule has 2 aromatic carbocycles. The SMILES string of the molecule is CCOc1cccc2sc(N(CC[NH+](CC)CC)C(=O)c3ccccc3C)nc12. The highest BCUT2D eigenvalue weighted by Gasteiger charge is 2.24. The fourth-order valence-corrected chi connectivity index (χ4v) is 4.42. The van der Waals surface area contributed by atoms with Crippen molar-refractivity contribution in [3.63, 3.8) is 0 Å². The van der Waals surface area contributed by atoms with E-state index in [1.54, 1.807) is 11.3 Å². The van der Waals surface area contributed by atoms with Crippen LogP contribution in [0.15, 0.2) is 42.5 Å². The van der Waals surface area contributed by atoms with Gasteiger partial charge in [0.05, 0.1) is 37.5 Å². The number of benzene rings is 2. The second kappa shape index (κ2) is 9.85.